The highest BCUT2D eigenvalue weighted by Crippen LogP contribution is 2.29. The third-order valence-corrected chi connectivity index (χ3v) is 2.10. The molecule has 4 nitrogen and oxygen atoms in total. The Hall–Kier alpha value is -1.55. The number of benzene rings is 1. The lowest BCUT2D eigenvalue weighted by atomic mass is 10.1. The van der Waals surface area contributed by atoms with Crippen LogP contribution in [0.5, 0.6) is 11.5 Å². The van der Waals surface area contributed by atoms with Gasteiger partial charge in [0, 0.05) is 18.2 Å². The smallest absolute Gasteiger partial charge is 0.188 e. The molecule has 0 atom stereocenters. The molecule has 0 saturated carbocycles. The molecular weight excluding hydrogens is 232 g/mol. The standard InChI is InChI=1S/C12H16O4.C2H6/c1-4-15-11-5-10(7-13)6-12(9(11)2)16-8-14-3;1-2/h5-7H,4,8H2,1-3H3;1-2H3. The second kappa shape index (κ2) is 9.48. The minimum Gasteiger partial charge on any atom is -0.493 e. The van der Waals surface area contributed by atoms with E-state index in [0.717, 1.165) is 11.8 Å². The molecule has 0 unspecified atom stereocenters. The van der Waals surface area contributed by atoms with Crippen LogP contribution in [0.2, 0.25) is 0 Å². The summed E-state index contributed by atoms with van der Waals surface area (Å²) in [6, 6.07) is 3.37. The summed E-state index contributed by atoms with van der Waals surface area (Å²) in [6.45, 7) is 8.47. The molecule has 0 aromatic heterocycles. The molecule has 1 aromatic carbocycles. The molecule has 0 amide bonds. The second-order valence-corrected chi connectivity index (χ2v) is 3.24. The van der Waals surface area contributed by atoms with Crippen LogP contribution in [-0.2, 0) is 4.74 Å². The van der Waals surface area contributed by atoms with Gasteiger partial charge in [0.15, 0.2) is 6.79 Å². The number of methoxy groups -OCH3 is 1. The zero-order chi connectivity index (χ0) is 14.0. The fraction of sp³-hybridized carbons (Fsp3) is 0.500. The molecule has 0 heterocycles. The molecular formula is C14H22O4. The Labute approximate surface area is 109 Å². The molecule has 18 heavy (non-hydrogen) atoms. The molecule has 0 fully saturated rings. The Balaban J connectivity index is 0.00000137. The zero-order valence-electron chi connectivity index (χ0n) is 11.8. The molecule has 0 aliphatic heterocycles. The highest BCUT2D eigenvalue weighted by atomic mass is 16.7. The van der Waals surface area contributed by atoms with Crippen LogP contribution in [0.4, 0.5) is 0 Å². The molecule has 102 valence electrons. The molecule has 0 radical (unpaired) electrons. The lowest BCUT2D eigenvalue weighted by Crippen LogP contribution is -2.03. The molecule has 1 rings (SSSR count). The molecule has 0 bridgehead atoms. The first-order valence-electron chi connectivity index (χ1n) is 6.07. The van der Waals surface area contributed by atoms with Gasteiger partial charge in [-0.3, -0.25) is 4.79 Å². The first-order chi connectivity index (χ1) is 8.72. The average Bonchev–Trinajstić information content (AvgIpc) is 2.42. The van der Waals surface area contributed by atoms with Crippen LogP contribution >= 0.6 is 0 Å². The van der Waals surface area contributed by atoms with Gasteiger partial charge in [0.2, 0.25) is 0 Å². The van der Waals surface area contributed by atoms with Crippen molar-refractivity contribution in [3.05, 3.63) is 23.3 Å². The van der Waals surface area contributed by atoms with Gasteiger partial charge >= 0.3 is 0 Å². The highest BCUT2D eigenvalue weighted by molar-refractivity contribution is 5.77. The van der Waals surface area contributed by atoms with E-state index in [4.69, 9.17) is 14.2 Å². The molecule has 0 spiro atoms. The lowest BCUT2D eigenvalue weighted by molar-refractivity contribution is 0.0503. The van der Waals surface area contributed by atoms with E-state index in [2.05, 4.69) is 0 Å². The van der Waals surface area contributed by atoms with Gasteiger partial charge in [-0.05, 0) is 26.0 Å². The summed E-state index contributed by atoms with van der Waals surface area (Å²) in [4.78, 5) is 10.8. The summed E-state index contributed by atoms with van der Waals surface area (Å²) in [5.41, 5.74) is 1.39. The van der Waals surface area contributed by atoms with E-state index in [1.807, 2.05) is 27.7 Å². The Morgan fingerprint density at radius 3 is 2.17 bits per heavy atom. The number of rotatable bonds is 6. The van der Waals surface area contributed by atoms with Crippen molar-refractivity contribution in [2.24, 2.45) is 0 Å². The monoisotopic (exact) mass is 254 g/mol. The van der Waals surface area contributed by atoms with Gasteiger partial charge in [-0.1, -0.05) is 13.8 Å². The van der Waals surface area contributed by atoms with Gasteiger partial charge in [-0.25, -0.2) is 0 Å². The SMILES string of the molecule is CC.CCOc1cc(C=O)cc(OCOC)c1C. The predicted molar refractivity (Wildman–Crippen MR) is 71.6 cm³/mol. The topological polar surface area (TPSA) is 44.8 Å². The first-order valence-corrected chi connectivity index (χ1v) is 6.07. The van der Waals surface area contributed by atoms with Crippen molar-refractivity contribution in [2.45, 2.75) is 27.7 Å². The van der Waals surface area contributed by atoms with Gasteiger partial charge in [-0.15, -0.1) is 0 Å². The van der Waals surface area contributed by atoms with Gasteiger partial charge in [-0.2, -0.15) is 0 Å². The zero-order valence-corrected chi connectivity index (χ0v) is 11.8. The maximum Gasteiger partial charge on any atom is 0.188 e. The molecule has 4 heteroatoms. The van der Waals surface area contributed by atoms with Crippen molar-refractivity contribution in [2.75, 3.05) is 20.5 Å². The van der Waals surface area contributed by atoms with E-state index < -0.39 is 0 Å². The van der Waals surface area contributed by atoms with Gasteiger partial charge in [0.05, 0.1) is 6.61 Å². The third-order valence-electron chi connectivity index (χ3n) is 2.10. The van der Waals surface area contributed by atoms with Crippen LogP contribution in [0.3, 0.4) is 0 Å². The number of hydrogen-bond donors (Lipinski definition) is 0. The first kappa shape index (κ1) is 16.4. The van der Waals surface area contributed by atoms with E-state index in [1.54, 1.807) is 19.2 Å². The summed E-state index contributed by atoms with van der Waals surface area (Å²) < 4.78 is 15.6. The van der Waals surface area contributed by atoms with Crippen molar-refractivity contribution >= 4 is 6.29 Å². The van der Waals surface area contributed by atoms with Crippen molar-refractivity contribution in [3.63, 3.8) is 0 Å². The fourth-order valence-electron chi connectivity index (χ4n) is 1.33. The van der Waals surface area contributed by atoms with Crippen molar-refractivity contribution < 1.29 is 19.0 Å². The van der Waals surface area contributed by atoms with Crippen LogP contribution in [0.1, 0.15) is 36.7 Å². The maximum absolute atomic E-state index is 10.8. The average molecular weight is 254 g/mol. The van der Waals surface area contributed by atoms with E-state index in [-0.39, 0.29) is 6.79 Å². The van der Waals surface area contributed by atoms with Crippen molar-refractivity contribution in [1.29, 1.82) is 0 Å². The van der Waals surface area contributed by atoms with Gasteiger partial charge in [0.1, 0.15) is 17.8 Å². The normalized spacial score (nSPS) is 9.17. The van der Waals surface area contributed by atoms with Crippen LogP contribution in [0.25, 0.3) is 0 Å². The Kier molecular flexibility index (Phi) is 8.66. The fourth-order valence-corrected chi connectivity index (χ4v) is 1.33. The predicted octanol–water partition coefficient (Wildman–Crippen LogP) is 3.22. The highest BCUT2D eigenvalue weighted by Gasteiger charge is 2.09. The third kappa shape index (κ3) is 4.75. The van der Waals surface area contributed by atoms with Crippen LogP contribution in [0.15, 0.2) is 12.1 Å². The minimum absolute atomic E-state index is 0.148. The summed E-state index contributed by atoms with van der Waals surface area (Å²) >= 11 is 0. The maximum atomic E-state index is 10.8. The van der Waals surface area contributed by atoms with Crippen molar-refractivity contribution in [1.82, 2.24) is 0 Å². The lowest BCUT2D eigenvalue weighted by Gasteiger charge is -2.13. The minimum atomic E-state index is 0.148. The van der Waals surface area contributed by atoms with E-state index in [0.29, 0.717) is 23.7 Å². The Morgan fingerprint density at radius 1 is 1.17 bits per heavy atom. The number of ether oxygens (including phenoxy) is 3. The number of aldehydes is 1. The second-order valence-electron chi connectivity index (χ2n) is 3.24. The van der Waals surface area contributed by atoms with E-state index in [1.165, 1.54) is 0 Å². The molecule has 1 aromatic rings. The number of carbonyl (C=O) groups excluding carboxylic acids is 1. The summed E-state index contributed by atoms with van der Waals surface area (Å²) in [6.07, 6.45) is 0.765. The Bertz CT molecular complexity index is 361. The quantitative estimate of drug-likeness (QED) is 0.577. The molecule has 0 aliphatic rings. The Morgan fingerprint density at radius 2 is 1.72 bits per heavy atom. The number of carbonyl (C=O) groups is 1. The summed E-state index contributed by atoms with van der Waals surface area (Å²) in [5, 5.41) is 0. The molecule has 0 saturated heterocycles. The molecule has 0 aliphatic carbocycles. The van der Waals surface area contributed by atoms with Gasteiger partial charge in [0.25, 0.3) is 0 Å². The van der Waals surface area contributed by atoms with Gasteiger partial charge < -0.3 is 14.2 Å². The van der Waals surface area contributed by atoms with Crippen LogP contribution in [0, 0.1) is 6.92 Å². The summed E-state index contributed by atoms with van der Waals surface area (Å²) in [7, 11) is 1.54. The number of hydrogen-bond acceptors (Lipinski definition) is 4. The van der Waals surface area contributed by atoms with Crippen LogP contribution < -0.4 is 9.47 Å². The largest absolute Gasteiger partial charge is 0.493 e. The van der Waals surface area contributed by atoms with Crippen LogP contribution in [-0.4, -0.2) is 26.8 Å². The van der Waals surface area contributed by atoms with E-state index in [9.17, 15) is 4.79 Å². The molecule has 0 N–H and O–H groups in total. The summed E-state index contributed by atoms with van der Waals surface area (Å²) in [5.74, 6) is 1.27. The van der Waals surface area contributed by atoms with E-state index >= 15 is 0 Å². The van der Waals surface area contributed by atoms with Crippen molar-refractivity contribution in [3.8, 4) is 11.5 Å².